The van der Waals surface area contributed by atoms with Crippen LogP contribution in [0.5, 0.6) is 5.75 Å². The number of thioether (sulfide) groups is 1. The van der Waals surface area contributed by atoms with E-state index in [1.807, 2.05) is 60.0 Å². The van der Waals surface area contributed by atoms with Gasteiger partial charge in [-0.15, -0.1) is 10.2 Å². The van der Waals surface area contributed by atoms with Crippen molar-refractivity contribution in [1.29, 1.82) is 0 Å². The molecule has 0 bridgehead atoms. The first-order valence-electron chi connectivity index (χ1n) is 10.5. The van der Waals surface area contributed by atoms with Crippen LogP contribution < -0.4 is 10.2 Å². The van der Waals surface area contributed by atoms with Crippen molar-refractivity contribution < 1.29 is 13.9 Å². The first-order chi connectivity index (χ1) is 17.0. The summed E-state index contributed by atoms with van der Waals surface area (Å²) in [6.45, 7) is 2.01. The van der Waals surface area contributed by atoms with Gasteiger partial charge in [0.05, 0.1) is 24.1 Å². The Morgan fingerprint density at radius 2 is 1.89 bits per heavy atom. The number of hydrazone groups is 1. The SMILES string of the molecule is COc1ccc(-n2c(SCC(=O)N/N=C\c3c(F)cccc3Cl)nnc2-c2ccc(C)cc2)cc1. The third-order valence-corrected chi connectivity index (χ3v) is 6.25. The van der Waals surface area contributed by atoms with Crippen LogP contribution in [-0.4, -0.2) is 39.7 Å². The Morgan fingerprint density at radius 1 is 1.14 bits per heavy atom. The number of methoxy groups -OCH3 is 1. The Bertz CT molecular complexity index is 1340. The smallest absolute Gasteiger partial charge is 0.250 e. The molecule has 0 aliphatic carbocycles. The largest absolute Gasteiger partial charge is 0.497 e. The minimum Gasteiger partial charge on any atom is -0.497 e. The van der Waals surface area contributed by atoms with Crippen molar-refractivity contribution in [2.75, 3.05) is 12.9 Å². The molecule has 1 amide bonds. The van der Waals surface area contributed by atoms with Crippen LogP contribution >= 0.6 is 23.4 Å². The highest BCUT2D eigenvalue weighted by Gasteiger charge is 2.17. The van der Waals surface area contributed by atoms with Gasteiger partial charge >= 0.3 is 0 Å². The van der Waals surface area contributed by atoms with Crippen molar-refractivity contribution in [3.63, 3.8) is 0 Å². The molecule has 0 spiro atoms. The van der Waals surface area contributed by atoms with Gasteiger partial charge in [0.15, 0.2) is 11.0 Å². The van der Waals surface area contributed by atoms with Gasteiger partial charge in [-0.25, -0.2) is 9.82 Å². The molecule has 0 aliphatic rings. The van der Waals surface area contributed by atoms with Crippen molar-refractivity contribution in [1.82, 2.24) is 20.2 Å². The molecule has 7 nitrogen and oxygen atoms in total. The number of amides is 1. The van der Waals surface area contributed by atoms with Gasteiger partial charge in [0.2, 0.25) is 0 Å². The molecule has 0 radical (unpaired) electrons. The molecule has 10 heteroatoms. The lowest BCUT2D eigenvalue weighted by Crippen LogP contribution is -2.20. The average Bonchev–Trinajstić information content (AvgIpc) is 3.29. The quantitative estimate of drug-likeness (QED) is 0.198. The van der Waals surface area contributed by atoms with Crippen LogP contribution in [0.1, 0.15) is 11.1 Å². The van der Waals surface area contributed by atoms with Crippen molar-refractivity contribution in [2.45, 2.75) is 12.1 Å². The van der Waals surface area contributed by atoms with E-state index < -0.39 is 5.82 Å². The monoisotopic (exact) mass is 509 g/mol. The summed E-state index contributed by atoms with van der Waals surface area (Å²) in [6.07, 6.45) is 1.18. The van der Waals surface area contributed by atoms with Gasteiger partial charge in [0, 0.05) is 16.8 Å². The molecule has 0 aliphatic heterocycles. The summed E-state index contributed by atoms with van der Waals surface area (Å²) >= 11 is 7.17. The second-order valence-corrected chi connectivity index (χ2v) is 8.77. The zero-order valence-electron chi connectivity index (χ0n) is 18.9. The molecule has 1 N–H and O–H groups in total. The van der Waals surface area contributed by atoms with Crippen LogP contribution in [0.4, 0.5) is 4.39 Å². The van der Waals surface area contributed by atoms with Gasteiger partial charge in [0.25, 0.3) is 5.91 Å². The number of nitrogens with zero attached hydrogens (tertiary/aromatic N) is 4. The van der Waals surface area contributed by atoms with E-state index in [1.54, 1.807) is 13.2 Å². The number of carbonyl (C=O) groups is 1. The fourth-order valence-electron chi connectivity index (χ4n) is 3.18. The Balaban J connectivity index is 1.53. The maximum Gasteiger partial charge on any atom is 0.250 e. The third kappa shape index (κ3) is 5.87. The predicted octanol–water partition coefficient (Wildman–Crippen LogP) is 5.29. The van der Waals surface area contributed by atoms with E-state index in [1.165, 1.54) is 30.1 Å². The van der Waals surface area contributed by atoms with Crippen LogP contribution in [0.3, 0.4) is 0 Å². The minimum atomic E-state index is -0.527. The fourth-order valence-corrected chi connectivity index (χ4v) is 4.14. The van der Waals surface area contributed by atoms with E-state index >= 15 is 0 Å². The van der Waals surface area contributed by atoms with E-state index in [0.717, 1.165) is 22.6 Å². The van der Waals surface area contributed by atoms with Gasteiger partial charge in [-0.1, -0.05) is 59.3 Å². The highest BCUT2D eigenvalue weighted by molar-refractivity contribution is 7.99. The van der Waals surface area contributed by atoms with Crippen LogP contribution in [0.15, 0.2) is 77.0 Å². The van der Waals surface area contributed by atoms with Crippen molar-refractivity contribution in [3.8, 4) is 22.8 Å². The molecule has 0 unspecified atom stereocenters. The van der Waals surface area contributed by atoms with Gasteiger partial charge in [-0.2, -0.15) is 5.10 Å². The number of aryl methyl sites for hydroxylation is 1. The number of hydrogen-bond acceptors (Lipinski definition) is 6. The molecule has 4 rings (SSSR count). The molecule has 178 valence electrons. The topological polar surface area (TPSA) is 81.4 Å². The number of ether oxygens (including phenoxy) is 1. The molecule has 0 saturated heterocycles. The average molecular weight is 510 g/mol. The maximum atomic E-state index is 13.8. The van der Waals surface area contributed by atoms with E-state index in [0.29, 0.717) is 11.0 Å². The van der Waals surface area contributed by atoms with Crippen molar-refractivity contribution in [2.24, 2.45) is 5.10 Å². The van der Waals surface area contributed by atoms with Crippen molar-refractivity contribution >= 4 is 35.5 Å². The zero-order chi connectivity index (χ0) is 24.8. The van der Waals surface area contributed by atoms with Crippen molar-refractivity contribution in [3.05, 3.63) is 88.7 Å². The normalized spacial score (nSPS) is 11.1. The fraction of sp³-hybridized carbons (Fsp3) is 0.120. The van der Waals surface area contributed by atoms with Gasteiger partial charge < -0.3 is 4.74 Å². The van der Waals surface area contributed by atoms with Gasteiger partial charge in [-0.05, 0) is 43.3 Å². The molecule has 1 heterocycles. The molecular formula is C25H21ClFN5O2S. The predicted molar refractivity (Wildman–Crippen MR) is 136 cm³/mol. The highest BCUT2D eigenvalue weighted by Crippen LogP contribution is 2.29. The second kappa shape index (κ2) is 11.2. The number of aromatic nitrogens is 3. The van der Waals surface area contributed by atoms with Crippen LogP contribution in [-0.2, 0) is 4.79 Å². The summed E-state index contributed by atoms with van der Waals surface area (Å²) in [6, 6.07) is 19.7. The molecular weight excluding hydrogens is 489 g/mol. The first-order valence-corrected chi connectivity index (χ1v) is 11.9. The van der Waals surface area contributed by atoms with Gasteiger partial charge in [0.1, 0.15) is 11.6 Å². The number of benzene rings is 3. The highest BCUT2D eigenvalue weighted by atomic mass is 35.5. The van der Waals surface area contributed by atoms with E-state index in [4.69, 9.17) is 16.3 Å². The first kappa shape index (κ1) is 24.4. The van der Waals surface area contributed by atoms with Crippen LogP contribution in [0.25, 0.3) is 17.1 Å². The number of hydrogen-bond donors (Lipinski definition) is 1. The number of rotatable bonds is 8. The molecule has 0 atom stereocenters. The molecule has 35 heavy (non-hydrogen) atoms. The Hall–Kier alpha value is -3.69. The van der Waals surface area contributed by atoms with Crippen LogP contribution in [0.2, 0.25) is 5.02 Å². The summed E-state index contributed by atoms with van der Waals surface area (Å²) < 4.78 is 21.0. The Labute approximate surface area is 211 Å². The minimum absolute atomic E-state index is 0.0184. The van der Waals surface area contributed by atoms with E-state index in [-0.39, 0.29) is 22.2 Å². The molecule has 3 aromatic carbocycles. The Morgan fingerprint density at radius 3 is 2.57 bits per heavy atom. The number of carbonyl (C=O) groups excluding carboxylic acids is 1. The summed E-state index contributed by atoms with van der Waals surface area (Å²) in [5.74, 6) is 0.469. The summed E-state index contributed by atoms with van der Waals surface area (Å²) in [7, 11) is 1.61. The van der Waals surface area contributed by atoms with E-state index in [2.05, 4.69) is 20.7 Å². The zero-order valence-corrected chi connectivity index (χ0v) is 20.5. The summed E-state index contributed by atoms with van der Waals surface area (Å²) in [4.78, 5) is 12.4. The summed E-state index contributed by atoms with van der Waals surface area (Å²) in [5.41, 5.74) is 5.33. The molecule has 1 aromatic heterocycles. The summed E-state index contributed by atoms with van der Waals surface area (Å²) in [5, 5.41) is 13.2. The number of halogens is 2. The lowest BCUT2D eigenvalue weighted by molar-refractivity contribution is -0.118. The molecule has 0 fully saturated rings. The lowest BCUT2D eigenvalue weighted by atomic mass is 10.1. The standard InChI is InChI=1S/C25H21ClFN5O2S/c1-16-6-8-17(9-7-16)24-30-31-25(32(24)18-10-12-19(34-2)13-11-18)35-15-23(33)29-28-14-20-21(26)4-3-5-22(20)27/h3-14H,15H2,1-2H3,(H,29,33)/b28-14-. The third-order valence-electron chi connectivity index (χ3n) is 4.99. The van der Waals surface area contributed by atoms with Gasteiger partial charge in [-0.3, -0.25) is 9.36 Å². The number of nitrogens with one attached hydrogen (secondary N) is 1. The molecule has 4 aromatic rings. The molecule has 0 saturated carbocycles. The van der Waals surface area contributed by atoms with E-state index in [9.17, 15) is 9.18 Å². The van der Waals surface area contributed by atoms with Crippen LogP contribution in [0, 0.1) is 12.7 Å². The lowest BCUT2D eigenvalue weighted by Gasteiger charge is -2.11. The second-order valence-electron chi connectivity index (χ2n) is 7.42. The Kier molecular flexibility index (Phi) is 7.79. The maximum absolute atomic E-state index is 13.8.